The van der Waals surface area contributed by atoms with Gasteiger partial charge >= 0.3 is 12.2 Å². The van der Waals surface area contributed by atoms with E-state index in [9.17, 15) is 18.0 Å². The second-order valence-corrected chi connectivity index (χ2v) is 9.22. The number of nitrogens with zero attached hydrogens (tertiary/aromatic N) is 2. The van der Waals surface area contributed by atoms with Crippen molar-refractivity contribution in [3.63, 3.8) is 0 Å². The van der Waals surface area contributed by atoms with E-state index in [-0.39, 0.29) is 36.2 Å². The van der Waals surface area contributed by atoms with E-state index in [1.807, 2.05) is 20.8 Å². The normalized spacial score (nSPS) is 15.1. The molecule has 0 unspecified atom stereocenters. The molecule has 0 bridgehead atoms. The molecule has 0 atom stereocenters. The van der Waals surface area contributed by atoms with Crippen molar-refractivity contribution < 1.29 is 22.8 Å². The minimum Gasteiger partial charge on any atom is -0.321 e. The maximum Gasteiger partial charge on any atom is 0.417 e. The second kappa shape index (κ2) is 8.23. The van der Waals surface area contributed by atoms with E-state index in [1.165, 1.54) is 29.2 Å². The number of hydrogen-bond acceptors (Lipinski definition) is 2. The molecule has 2 aromatic rings. The summed E-state index contributed by atoms with van der Waals surface area (Å²) in [6.07, 6.45) is -4.51. The molecule has 1 aliphatic heterocycles. The van der Waals surface area contributed by atoms with Crippen LogP contribution < -0.4 is 0 Å². The number of benzene rings is 2. The summed E-state index contributed by atoms with van der Waals surface area (Å²) in [4.78, 5) is 19.4. The summed E-state index contributed by atoms with van der Waals surface area (Å²) in [5.74, 6) is -0.389. The number of alkyl halides is 3. The standard InChI is InChI=1S/C22H24BrF3N2O2/c1-21(2,3)28(30-4)20(29)27-12-15(13-27)18-7-5-6-17(19(18)22(24,25)26)14-8-10-16(23)11-9-14/h5-11,15H,12-13H2,1-4H3. The summed E-state index contributed by atoms with van der Waals surface area (Å²) in [5.41, 5.74) is -0.339. The van der Waals surface area contributed by atoms with Crippen LogP contribution in [0.5, 0.6) is 0 Å². The monoisotopic (exact) mass is 484 g/mol. The van der Waals surface area contributed by atoms with Crippen molar-refractivity contribution in [3.8, 4) is 11.1 Å². The summed E-state index contributed by atoms with van der Waals surface area (Å²) >= 11 is 3.31. The van der Waals surface area contributed by atoms with Gasteiger partial charge < -0.3 is 4.90 Å². The molecule has 1 saturated heterocycles. The molecular weight excluding hydrogens is 461 g/mol. The molecule has 0 N–H and O–H groups in total. The van der Waals surface area contributed by atoms with Crippen molar-refractivity contribution in [1.29, 1.82) is 0 Å². The number of hydroxylamine groups is 2. The van der Waals surface area contributed by atoms with E-state index in [0.717, 1.165) is 4.47 Å². The molecule has 2 aromatic carbocycles. The highest BCUT2D eigenvalue weighted by molar-refractivity contribution is 9.10. The Labute approximate surface area is 182 Å². The molecule has 3 rings (SSSR count). The van der Waals surface area contributed by atoms with Gasteiger partial charge in [-0.25, -0.2) is 4.79 Å². The van der Waals surface area contributed by atoms with Crippen LogP contribution in [0.1, 0.15) is 37.8 Å². The Kier molecular flexibility index (Phi) is 6.20. The SMILES string of the molecule is CON(C(=O)N1CC(c2cccc(-c3ccc(Br)cc3)c2C(F)(F)F)C1)C(C)(C)C. The summed E-state index contributed by atoms with van der Waals surface area (Å²) in [6.45, 7) is 5.91. The molecule has 1 aliphatic rings. The Balaban J connectivity index is 1.90. The summed E-state index contributed by atoms with van der Waals surface area (Å²) in [6, 6.07) is 11.1. The van der Waals surface area contributed by atoms with E-state index in [0.29, 0.717) is 5.56 Å². The number of hydrogen-bond donors (Lipinski definition) is 0. The molecule has 0 spiro atoms. The Bertz CT molecular complexity index is 917. The molecule has 0 aromatic heterocycles. The van der Waals surface area contributed by atoms with Gasteiger partial charge in [-0.2, -0.15) is 18.2 Å². The van der Waals surface area contributed by atoms with Crippen molar-refractivity contribution >= 4 is 22.0 Å². The van der Waals surface area contributed by atoms with E-state index in [1.54, 1.807) is 30.3 Å². The average molecular weight is 485 g/mol. The lowest BCUT2D eigenvalue weighted by molar-refractivity contribution is -0.153. The highest BCUT2D eigenvalue weighted by atomic mass is 79.9. The number of carbonyl (C=O) groups is 1. The highest BCUT2D eigenvalue weighted by Crippen LogP contribution is 2.44. The van der Waals surface area contributed by atoms with Crippen LogP contribution in [0.4, 0.5) is 18.0 Å². The van der Waals surface area contributed by atoms with E-state index in [4.69, 9.17) is 4.84 Å². The zero-order valence-electron chi connectivity index (χ0n) is 17.3. The molecule has 4 nitrogen and oxygen atoms in total. The van der Waals surface area contributed by atoms with Gasteiger partial charge in [0.15, 0.2) is 0 Å². The lowest BCUT2D eigenvalue weighted by Crippen LogP contribution is -2.57. The molecule has 0 aliphatic carbocycles. The van der Waals surface area contributed by atoms with Crippen LogP contribution in [0.3, 0.4) is 0 Å². The fourth-order valence-corrected chi connectivity index (χ4v) is 3.96. The van der Waals surface area contributed by atoms with Crippen molar-refractivity contribution in [2.24, 2.45) is 0 Å². The van der Waals surface area contributed by atoms with Crippen LogP contribution in [0.25, 0.3) is 11.1 Å². The Morgan fingerprint density at radius 1 is 1.10 bits per heavy atom. The van der Waals surface area contributed by atoms with Gasteiger partial charge in [0.1, 0.15) is 0 Å². The van der Waals surface area contributed by atoms with Gasteiger partial charge in [0.2, 0.25) is 0 Å². The first-order chi connectivity index (χ1) is 13.9. The lowest BCUT2D eigenvalue weighted by Gasteiger charge is -2.45. The van der Waals surface area contributed by atoms with Crippen LogP contribution in [0, 0.1) is 0 Å². The number of rotatable bonds is 3. The van der Waals surface area contributed by atoms with Crippen molar-refractivity contribution in [2.45, 2.75) is 38.4 Å². The summed E-state index contributed by atoms with van der Waals surface area (Å²) in [7, 11) is 1.41. The number of urea groups is 1. The van der Waals surface area contributed by atoms with Crippen LogP contribution in [-0.2, 0) is 11.0 Å². The van der Waals surface area contributed by atoms with Crippen molar-refractivity contribution in [1.82, 2.24) is 9.96 Å². The van der Waals surface area contributed by atoms with Gasteiger partial charge in [0, 0.05) is 23.5 Å². The largest absolute Gasteiger partial charge is 0.417 e. The summed E-state index contributed by atoms with van der Waals surface area (Å²) in [5, 5.41) is 1.24. The van der Waals surface area contributed by atoms with Crippen LogP contribution in [0.15, 0.2) is 46.9 Å². The lowest BCUT2D eigenvalue weighted by atomic mass is 9.84. The molecule has 2 amide bonds. The third kappa shape index (κ3) is 4.49. The second-order valence-electron chi connectivity index (χ2n) is 8.31. The number of halogens is 4. The molecule has 0 radical (unpaired) electrons. The van der Waals surface area contributed by atoms with Gasteiger partial charge in [0.25, 0.3) is 0 Å². The zero-order chi connectivity index (χ0) is 22.3. The van der Waals surface area contributed by atoms with Gasteiger partial charge in [-0.05, 0) is 49.6 Å². The Hall–Kier alpha value is -2.06. The highest BCUT2D eigenvalue weighted by Gasteiger charge is 2.43. The minimum absolute atomic E-state index is 0.144. The zero-order valence-corrected chi connectivity index (χ0v) is 18.8. The first-order valence-electron chi connectivity index (χ1n) is 9.52. The molecule has 1 heterocycles. The number of amides is 2. The van der Waals surface area contributed by atoms with Gasteiger partial charge in [0.05, 0.1) is 18.2 Å². The van der Waals surface area contributed by atoms with E-state index >= 15 is 0 Å². The Morgan fingerprint density at radius 2 is 1.70 bits per heavy atom. The smallest absolute Gasteiger partial charge is 0.321 e. The quantitative estimate of drug-likeness (QED) is 0.477. The van der Waals surface area contributed by atoms with Crippen molar-refractivity contribution in [3.05, 3.63) is 58.1 Å². The fourth-order valence-electron chi connectivity index (χ4n) is 3.70. The molecule has 162 valence electrons. The van der Waals surface area contributed by atoms with Gasteiger partial charge in [-0.1, -0.05) is 46.3 Å². The van der Waals surface area contributed by atoms with Gasteiger partial charge in [-0.3, -0.25) is 4.84 Å². The first-order valence-corrected chi connectivity index (χ1v) is 10.3. The number of likely N-dealkylation sites (tertiary alicyclic amines) is 1. The Morgan fingerprint density at radius 3 is 2.20 bits per heavy atom. The molecule has 1 fully saturated rings. The van der Waals surface area contributed by atoms with Crippen LogP contribution >= 0.6 is 15.9 Å². The van der Waals surface area contributed by atoms with Crippen molar-refractivity contribution in [2.75, 3.05) is 20.2 Å². The molecule has 30 heavy (non-hydrogen) atoms. The maximum absolute atomic E-state index is 14.1. The minimum atomic E-state index is -4.51. The molecule has 0 saturated carbocycles. The first kappa shape index (κ1) is 22.6. The van der Waals surface area contributed by atoms with Crippen LogP contribution in [-0.4, -0.2) is 41.7 Å². The van der Waals surface area contributed by atoms with E-state index in [2.05, 4.69) is 15.9 Å². The predicted molar refractivity (Wildman–Crippen MR) is 113 cm³/mol. The predicted octanol–water partition coefficient (Wildman–Crippen LogP) is 6.32. The average Bonchev–Trinajstić information content (AvgIpc) is 2.59. The molecular formula is C22H24BrF3N2O2. The third-order valence-corrected chi connectivity index (χ3v) is 5.62. The van der Waals surface area contributed by atoms with Crippen LogP contribution in [0.2, 0.25) is 0 Å². The van der Waals surface area contributed by atoms with E-state index < -0.39 is 17.3 Å². The topological polar surface area (TPSA) is 32.8 Å². The third-order valence-electron chi connectivity index (χ3n) is 5.09. The fraction of sp³-hybridized carbons (Fsp3) is 0.409. The number of carbonyl (C=O) groups excluding carboxylic acids is 1. The summed E-state index contributed by atoms with van der Waals surface area (Å²) < 4.78 is 43.0. The molecule has 8 heteroatoms. The maximum atomic E-state index is 14.1. The van der Waals surface area contributed by atoms with Gasteiger partial charge in [-0.15, -0.1) is 0 Å².